The van der Waals surface area contributed by atoms with Gasteiger partial charge in [0, 0.05) is 16.8 Å². The molecule has 0 fully saturated rings. The average molecular weight is 565 g/mol. The predicted molar refractivity (Wildman–Crippen MR) is 143 cm³/mol. The summed E-state index contributed by atoms with van der Waals surface area (Å²) in [6, 6.07) is 26.6. The summed E-state index contributed by atoms with van der Waals surface area (Å²) < 4.78 is 68.4. The monoisotopic (exact) mass is 564 g/mol. The molecule has 0 saturated carbocycles. The molecule has 1 amide bonds. The van der Waals surface area contributed by atoms with Gasteiger partial charge in [-0.25, -0.2) is 9.67 Å². The molecule has 0 aliphatic heterocycles. The molecule has 0 saturated heterocycles. The Labute approximate surface area is 231 Å². The van der Waals surface area contributed by atoms with Gasteiger partial charge >= 0.3 is 12.3 Å². The van der Waals surface area contributed by atoms with Crippen LogP contribution in [0.2, 0.25) is 0 Å². The zero-order valence-corrected chi connectivity index (χ0v) is 21.4. The number of aromatic nitrogens is 3. The highest BCUT2D eigenvalue weighted by Crippen LogP contribution is 2.37. The molecule has 6 nitrogen and oxygen atoms in total. The van der Waals surface area contributed by atoms with Gasteiger partial charge in [0.1, 0.15) is 12.1 Å². The van der Waals surface area contributed by atoms with Crippen molar-refractivity contribution in [2.75, 3.05) is 5.32 Å². The van der Waals surface area contributed by atoms with E-state index >= 15 is 0 Å². The molecule has 0 aliphatic carbocycles. The molecule has 0 atom stereocenters. The lowest BCUT2D eigenvalue weighted by atomic mass is 9.99. The van der Waals surface area contributed by atoms with E-state index in [-0.39, 0.29) is 5.91 Å². The zero-order chi connectivity index (χ0) is 29.2. The predicted octanol–water partition coefficient (Wildman–Crippen LogP) is 7.70. The van der Waals surface area contributed by atoms with Crippen LogP contribution in [-0.2, 0) is 0 Å². The molecule has 41 heavy (non-hydrogen) atoms. The normalized spacial score (nSPS) is 11.8. The number of hydrogen-bond donors (Lipinski definition) is 1. The Morgan fingerprint density at radius 1 is 0.829 bits per heavy atom. The molecule has 0 unspecified atom stereocenters. The van der Waals surface area contributed by atoms with Crippen LogP contribution in [0.3, 0.4) is 0 Å². The third-order valence-electron chi connectivity index (χ3n) is 6.15. The van der Waals surface area contributed by atoms with Crippen LogP contribution in [0.4, 0.5) is 27.6 Å². The third kappa shape index (κ3) is 6.08. The Balaban J connectivity index is 1.25. The van der Waals surface area contributed by atoms with Crippen LogP contribution in [0.25, 0.3) is 28.2 Å². The van der Waals surface area contributed by atoms with Crippen LogP contribution >= 0.6 is 0 Å². The number of amides is 1. The van der Waals surface area contributed by atoms with Crippen molar-refractivity contribution < 1.29 is 31.5 Å². The van der Waals surface area contributed by atoms with Crippen molar-refractivity contribution in [1.29, 1.82) is 0 Å². The fourth-order valence-corrected chi connectivity index (χ4v) is 4.02. The number of nitrogens with zero attached hydrogens (tertiary/aromatic N) is 3. The summed E-state index contributed by atoms with van der Waals surface area (Å²) in [6.45, 7) is 2.01. The maximum absolute atomic E-state index is 13.1. The average Bonchev–Trinajstić information content (AvgIpc) is 3.44. The van der Waals surface area contributed by atoms with Crippen molar-refractivity contribution >= 4 is 11.6 Å². The van der Waals surface area contributed by atoms with Gasteiger partial charge in [-0.05, 0) is 84.3 Å². The number of benzene rings is 4. The Hall–Kier alpha value is -5.06. The number of carbonyl (C=O) groups excluding carboxylic acids is 1. The second kappa shape index (κ2) is 10.8. The van der Waals surface area contributed by atoms with Crippen LogP contribution in [-0.4, -0.2) is 33.0 Å². The van der Waals surface area contributed by atoms with Gasteiger partial charge in [0.25, 0.3) is 5.91 Å². The van der Waals surface area contributed by atoms with Gasteiger partial charge in [-0.15, -0.1) is 5.10 Å². The summed E-state index contributed by atoms with van der Waals surface area (Å²) in [6.07, 6.45) is -9.78. The number of rotatable bonds is 7. The molecule has 0 bridgehead atoms. The minimum absolute atomic E-state index is 0.268. The summed E-state index contributed by atoms with van der Waals surface area (Å²) in [5.41, 5.74) is 5.16. The minimum Gasteiger partial charge on any atom is -0.426 e. The summed E-state index contributed by atoms with van der Waals surface area (Å²) in [5, 5.41) is 7.20. The number of carbonyl (C=O) groups is 1. The summed E-state index contributed by atoms with van der Waals surface area (Å²) in [7, 11) is 0. The van der Waals surface area contributed by atoms with Gasteiger partial charge in [-0.3, -0.25) is 4.79 Å². The topological polar surface area (TPSA) is 69.0 Å². The van der Waals surface area contributed by atoms with Crippen LogP contribution in [0.15, 0.2) is 103 Å². The van der Waals surface area contributed by atoms with E-state index in [0.717, 1.165) is 28.8 Å². The quantitative estimate of drug-likeness (QED) is 0.206. The van der Waals surface area contributed by atoms with Crippen molar-refractivity contribution in [3.05, 3.63) is 115 Å². The Morgan fingerprint density at radius 3 is 2.22 bits per heavy atom. The third-order valence-corrected chi connectivity index (χ3v) is 6.15. The number of aryl methyl sites for hydroxylation is 1. The number of nitrogens with one attached hydrogen (secondary N) is 1. The second-order valence-electron chi connectivity index (χ2n) is 9.05. The standard InChI is InChI=1S/C30H21F5N4O2/c1-19-5-2-3-8-26(19)21-6-4-7-22(17-21)28(40)37-23-11-9-20(10-12-23)27-36-18-39(38-27)24-13-15-25(16-14-24)41-30(34,35)29(31,32)33/h2-18H,1H3,(H,37,40). The van der Waals surface area contributed by atoms with E-state index in [4.69, 9.17) is 0 Å². The number of alkyl halides is 5. The second-order valence-corrected chi connectivity index (χ2v) is 9.05. The van der Waals surface area contributed by atoms with Crippen LogP contribution in [0, 0.1) is 6.92 Å². The van der Waals surface area contributed by atoms with Crippen molar-refractivity contribution in [3.8, 4) is 34.0 Å². The first-order valence-electron chi connectivity index (χ1n) is 12.2. The van der Waals surface area contributed by atoms with Crippen LogP contribution in [0.1, 0.15) is 15.9 Å². The molecule has 1 heterocycles. The number of hydrogen-bond acceptors (Lipinski definition) is 4. The van der Waals surface area contributed by atoms with Gasteiger partial charge in [0.2, 0.25) is 0 Å². The first kappa shape index (κ1) is 27.5. The molecular weight excluding hydrogens is 543 g/mol. The first-order valence-corrected chi connectivity index (χ1v) is 12.2. The van der Waals surface area contributed by atoms with Crippen molar-refractivity contribution in [2.45, 2.75) is 19.2 Å². The molecule has 1 N–H and O–H groups in total. The Kier molecular flexibility index (Phi) is 7.27. The molecule has 11 heteroatoms. The molecule has 1 aromatic heterocycles. The maximum atomic E-state index is 13.1. The van der Waals surface area contributed by atoms with Crippen LogP contribution in [0.5, 0.6) is 5.75 Å². The van der Waals surface area contributed by atoms with Gasteiger partial charge in [0.05, 0.1) is 5.69 Å². The maximum Gasteiger partial charge on any atom is 0.499 e. The summed E-state index contributed by atoms with van der Waals surface area (Å²) >= 11 is 0. The summed E-state index contributed by atoms with van der Waals surface area (Å²) in [4.78, 5) is 17.1. The Bertz CT molecular complexity index is 1680. The molecule has 4 aromatic carbocycles. The fraction of sp³-hybridized carbons (Fsp3) is 0.100. The van der Waals surface area contributed by atoms with Crippen LogP contribution < -0.4 is 10.1 Å². The molecule has 0 spiro atoms. The van der Waals surface area contributed by atoms with E-state index in [1.807, 2.05) is 49.4 Å². The summed E-state index contributed by atoms with van der Waals surface area (Å²) in [5.74, 6) is -0.593. The zero-order valence-electron chi connectivity index (χ0n) is 21.4. The highest BCUT2D eigenvalue weighted by atomic mass is 19.4. The molecule has 5 rings (SSSR count). The highest BCUT2D eigenvalue weighted by Gasteiger charge is 2.61. The smallest absolute Gasteiger partial charge is 0.426 e. The largest absolute Gasteiger partial charge is 0.499 e. The van der Waals surface area contributed by atoms with E-state index < -0.39 is 18.0 Å². The number of halogens is 5. The minimum atomic E-state index is -5.84. The molecule has 5 aromatic rings. The van der Waals surface area contributed by atoms with E-state index in [1.165, 1.54) is 23.1 Å². The van der Waals surface area contributed by atoms with E-state index in [2.05, 4.69) is 20.1 Å². The van der Waals surface area contributed by atoms with E-state index in [1.54, 1.807) is 30.3 Å². The van der Waals surface area contributed by atoms with Gasteiger partial charge in [-0.2, -0.15) is 22.0 Å². The lowest BCUT2D eigenvalue weighted by molar-refractivity contribution is -0.360. The van der Waals surface area contributed by atoms with E-state index in [9.17, 15) is 26.7 Å². The van der Waals surface area contributed by atoms with Crippen molar-refractivity contribution in [2.24, 2.45) is 0 Å². The lowest BCUT2D eigenvalue weighted by Gasteiger charge is -2.20. The number of anilines is 1. The first-order chi connectivity index (χ1) is 19.5. The molecule has 0 radical (unpaired) electrons. The fourth-order valence-electron chi connectivity index (χ4n) is 4.02. The SMILES string of the molecule is Cc1ccccc1-c1cccc(C(=O)Nc2ccc(-c3ncn(-c4ccc(OC(F)(F)C(F)(F)F)cc4)n3)cc2)c1. The number of ether oxygens (including phenoxy) is 1. The highest BCUT2D eigenvalue weighted by molar-refractivity contribution is 6.05. The Morgan fingerprint density at radius 2 is 1.54 bits per heavy atom. The van der Waals surface area contributed by atoms with Gasteiger partial charge in [0.15, 0.2) is 5.82 Å². The molecule has 0 aliphatic rings. The lowest BCUT2D eigenvalue weighted by Crippen LogP contribution is -2.41. The van der Waals surface area contributed by atoms with Crippen molar-refractivity contribution in [3.63, 3.8) is 0 Å². The molecular formula is C30H21F5N4O2. The molecule has 208 valence electrons. The van der Waals surface area contributed by atoms with Gasteiger partial charge < -0.3 is 10.1 Å². The van der Waals surface area contributed by atoms with Crippen molar-refractivity contribution in [1.82, 2.24) is 14.8 Å². The van der Waals surface area contributed by atoms with Gasteiger partial charge in [-0.1, -0.05) is 36.4 Å². The van der Waals surface area contributed by atoms with E-state index in [0.29, 0.717) is 28.3 Å².